The Bertz CT molecular complexity index is 425. The first-order chi connectivity index (χ1) is 7.95. The maximum absolute atomic E-state index is 12.8. The molecule has 0 heterocycles. The Labute approximate surface area is 96.1 Å². The van der Waals surface area contributed by atoms with Gasteiger partial charge in [0.1, 0.15) is 0 Å². The minimum atomic E-state index is -1.58. The second-order valence-corrected chi connectivity index (χ2v) is 3.37. The van der Waals surface area contributed by atoms with Crippen molar-refractivity contribution in [2.45, 2.75) is 12.5 Å². The van der Waals surface area contributed by atoms with Crippen LogP contribution in [0.25, 0.3) is 0 Å². The number of benzene rings is 1. The zero-order valence-corrected chi connectivity index (χ0v) is 8.84. The number of carbonyl (C=O) groups excluding carboxylic acids is 1. The average Bonchev–Trinajstić information content (AvgIpc) is 2.26. The van der Waals surface area contributed by atoms with Crippen molar-refractivity contribution in [3.63, 3.8) is 0 Å². The number of nitrogens with two attached hydrogens (primary N) is 1. The number of hydrogen-bond acceptors (Lipinski definition) is 2. The van der Waals surface area contributed by atoms with E-state index in [4.69, 9.17) is 5.73 Å². The number of carbonyl (C=O) groups is 1. The number of amides is 1. The van der Waals surface area contributed by atoms with Gasteiger partial charge >= 0.3 is 0 Å². The molecule has 6 heteroatoms. The summed E-state index contributed by atoms with van der Waals surface area (Å²) in [6.45, 7) is 3.40. The van der Waals surface area contributed by atoms with Crippen molar-refractivity contribution >= 4 is 11.6 Å². The van der Waals surface area contributed by atoms with Crippen LogP contribution in [-0.2, 0) is 4.79 Å². The lowest BCUT2D eigenvalue weighted by atomic mass is 10.2. The van der Waals surface area contributed by atoms with Crippen LogP contribution in [0.5, 0.6) is 0 Å². The van der Waals surface area contributed by atoms with Crippen molar-refractivity contribution in [2.24, 2.45) is 5.73 Å². The quantitative estimate of drug-likeness (QED) is 0.628. The summed E-state index contributed by atoms with van der Waals surface area (Å²) in [6, 6.07) is 0.483. The first-order valence-electron chi connectivity index (χ1n) is 4.77. The molecule has 0 fully saturated rings. The molecule has 0 saturated carbocycles. The van der Waals surface area contributed by atoms with E-state index < -0.39 is 29.4 Å². The van der Waals surface area contributed by atoms with Crippen LogP contribution in [0.1, 0.15) is 6.42 Å². The van der Waals surface area contributed by atoms with Gasteiger partial charge in [-0.1, -0.05) is 6.08 Å². The van der Waals surface area contributed by atoms with E-state index in [1.54, 1.807) is 0 Å². The van der Waals surface area contributed by atoms with Gasteiger partial charge in [-0.05, 0) is 6.42 Å². The lowest BCUT2D eigenvalue weighted by Crippen LogP contribution is -2.35. The average molecular weight is 244 g/mol. The topological polar surface area (TPSA) is 55.1 Å². The van der Waals surface area contributed by atoms with Gasteiger partial charge in [0.15, 0.2) is 17.5 Å². The maximum Gasteiger partial charge on any atom is 0.241 e. The molecule has 1 atom stereocenters. The second kappa shape index (κ2) is 5.49. The van der Waals surface area contributed by atoms with Gasteiger partial charge in [0.2, 0.25) is 5.91 Å². The first-order valence-corrected chi connectivity index (χ1v) is 4.77. The Balaban J connectivity index is 2.82. The fraction of sp³-hybridized carbons (Fsp3) is 0.182. The second-order valence-electron chi connectivity index (χ2n) is 3.37. The molecule has 17 heavy (non-hydrogen) atoms. The van der Waals surface area contributed by atoms with E-state index in [2.05, 4.69) is 11.9 Å². The minimum Gasteiger partial charge on any atom is -0.325 e. The zero-order chi connectivity index (χ0) is 13.0. The third kappa shape index (κ3) is 3.32. The summed E-state index contributed by atoms with van der Waals surface area (Å²) in [5, 5.41) is 2.18. The molecule has 0 radical (unpaired) electrons. The highest BCUT2D eigenvalue weighted by Gasteiger charge is 2.15. The van der Waals surface area contributed by atoms with E-state index >= 15 is 0 Å². The number of hydrogen-bond donors (Lipinski definition) is 2. The molecule has 0 aromatic heterocycles. The lowest BCUT2D eigenvalue weighted by Gasteiger charge is -2.10. The number of nitrogens with one attached hydrogen (secondary N) is 1. The van der Waals surface area contributed by atoms with Crippen molar-refractivity contribution < 1.29 is 18.0 Å². The van der Waals surface area contributed by atoms with E-state index in [9.17, 15) is 18.0 Å². The predicted molar refractivity (Wildman–Crippen MR) is 57.7 cm³/mol. The zero-order valence-electron chi connectivity index (χ0n) is 8.84. The van der Waals surface area contributed by atoms with Crippen molar-refractivity contribution in [3.8, 4) is 0 Å². The van der Waals surface area contributed by atoms with Gasteiger partial charge in [0, 0.05) is 17.8 Å². The smallest absolute Gasteiger partial charge is 0.241 e. The predicted octanol–water partition coefficient (Wildman–Crippen LogP) is 1.95. The van der Waals surface area contributed by atoms with E-state index in [-0.39, 0.29) is 12.1 Å². The lowest BCUT2D eigenvalue weighted by molar-refractivity contribution is -0.117. The highest BCUT2D eigenvalue weighted by atomic mass is 19.2. The summed E-state index contributed by atoms with van der Waals surface area (Å²) in [6.07, 6.45) is 1.66. The minimum absolute atomic E-state index is 0.189. The molecule has 1 amide bonds. The van der Waals surface area contributed by atoms with Gasteiger partial charge in [-0.2, -0.15) is 0 Å². The molecule has 3 nitrogen and oxygen atoms in total. The highest BCUT2D eigenvalue weighted by molar-refractivity contribution is 5.94. The van der Waals surface area contributed by atoms with Gasteiger partial charge in [-0.15, -0.1) is 6.58 Å². The maximum atomic E-state index is 12.8. The van der Waals surface area contributed by atoms with Crippen LogP contribution in [0.2, 0.25) is 0 Å². The molecule has 0 aliphatic rings. The summed E-state index contributed by atoms with van der Waals surface area (Å²) in [5.41, 5.74) is 5.25. The Morgan fingerprint density at radius 2 is 1.94 bits per heavy atom. The number of halogens is 3. The van der Waals surface area contributed by atoms with Crippen LogP contribution in [0, 0.1) is 17.5 Å². The largest absolute Gasteiger partial charge is 0.325 e. The molecular weight excluding hydrogens is 233 g/mol. The normalized spacial score (nSPS) is 12.0. The number of anilines is 1. The van der Waals surface area contributed by atoms with Crippen molar-refractivity contribution in [2.75, 3.05) is 5.32 Å². The molecule has 1 rings (SSSR count). The Morgan fingerprint density at radius 3 is 2.41 bits per heavy atom. The molecular formula is C11H11F3N2O. The van der Waals surface area contributed by atoms with Gasteiger partial charge in [-0.3, -0.25) is 4.79 Å². The van der Waals surface area contributed by atoms with Crippen molar-refractivity contribution in [3.05, 3.63) is 42.2 Å². The molecule has 3 N–H and O–H groups in total. The van der Waals surface area contributed by atoms with Crippen LogP contribution < -0.4 is 11.1 Å². The molecule has 0 aliphatic heterocycles. The molecule has 1 aromatic carbocycles. The summed E-state index contributed by atoms with van der Waals surface area (Å²) in [4.78, 5) is 11.4. The van der Waals surface area contributed by atoms with Crippen molar-refractivity contribution in [1.82, 2.24) is 0 Å². The van der Waals surface area contributed by atoms with Crippen LogP contribution in [0.15, 0.2) is 24.8 Å². The molecule has 0 spiro atoms. The van der Waals surface area contributed by atoms with E-state index in [1.807, 2.05) is 0 Å². The fourth-order valence-electron chi connectivity index (χ4n) is 1.15. The van der Waals surface area contributed by atoms with Gasteiger partial charge in [0.25, 0.3) is 0 Å². The standard InChI is InChI=1S/C11H11F3N2O/c1-2-3-9(15)11(17)16-6-4-7(12)10(14)8(13)5-6/h2,4-5,9H,1,3,15H2,(H,16,17). The van der Waals surface area contributed by atoms with E-state index in [1.165, 1.54) is 6.08 Å². The Kier molecular flexibility index (Phi) is 4.28. The fourth-order valence-corrected chi connectivity index (χ4v) is 1.15. The summed E-state index contributed by atoms with van der Waals surface area (Å²) >= 11 is 0. The Morgan fingerprint density at radius 1 is 1.41 bits per heavy atom. The van der Waals surface area contributed by atoms with Crippen LogP contribution in [0.3, 0.4) is 0 Å². The highest BCUT2D eigenvalue weighted by Crippen LogP contribution is 2.17. The van der Waals surface area contributed by atoms with Gasteiger partial charge in [0.05, 0.1) is 6.04 Å². The molecule has 0 bridgehead atoms. The third-order valence-electron chi connectivity index (χ3n) is 2.01. The molecule has 92 valence electrons. The monoisotopic (exact) mass is 244 g/mol. The Hall–Kier alpha value is -1.82. The van der Waals surface area contributed by atoms with Crippen LogP contribution in [-0.4, -0.2) is 11.9 Å². The SMILES string of the molecule is C=CCC(N)C(=O)Nc1cc(F)c(F)c(F)c1. The molecule has 1 aromatic rings. The molecule has 0 aliphatic carbocycles. The van der Waals surface area contributed by atoms with Crippen LogP contribution >= 0.6 is 0 Å². The number of rotatable bonds is 4. The summed E-state index contributed by atoms with van der Waals surface area (Å²) in [5.74, 6) is -4.97. The van der Waals surface area contributed by atoms with Gasteiger partial charge < -0.3 is 11.1 Å². The van der Waals surface area contributed by atoms with E-state index in [0.29, 0.717) is 12.1 Å². The molecule has 1 unspecified atom stereocenters. The summed E-state index contributed by atoms with van der Waals surface area (Å²) in [7, 11) is 0. The molecule has 0 saturated heterocycles. The first kappa shape index (κ1) is 13.2. The summed E-state index contributed by atoms with van der Waals surface area (Å²) < 4.78 is 38.3. The van der Waals surface area contributed by atoms with Crippen molar-refractivity contribution in [1.29, 1.82) is 0 Å². The van der Waals surface area contributed by atoms with E-state index in [0.717, 1.165) is 0 Å². The third-order valence-corrected chi connectivity index (χ3v) is 2.01. The van der Waals surface area contributed by atoms with Gasteiger partial charge in [-0.25, -0.2) is 13.2 Å². The van der Waals surface area contributed by atoms with Crippen LogP contribution in [0.4, 0.5) is 18.9 Å².